The monoisotopic (exact) mass is 640 g/mol. The standard InChI is InChI=1S/C36H52N2O8/c1-33(2,3)23-17-21(18-24(27(23)39)34(4,5)6)31(43)45-15-13-37-29(41)30(42)38-14-16-46-32(44)22-19-25(35(7,8)9)28(40)26(20-22)36(10,11)12/h17-20,39-40H,13-16H2,1-12H3,(H,37,41)(H,38,42). The Bertz CT molecular complexity index is 1280. The summed E-state index contributed by atoms with van der Waals surface area (Å²) < 4.78 is 10.7. The summed E-state index contributed by atoms with van der Waals surface area (Å²) in [6.07, 6.45) is 0. The maximum absolute atomic E-state index is 12.8. The number of carbonyl (C=O) groups excluding carboxylic acids is 4. The summed E-state index contributed by atoms with van der Waals surface area (Å²) >= 11 is 0. The van der Waals surface area contributed by atoms with Gasteiger partial charge in [0.15, 0.2) is 0 Å². The Hall–Kier alpha value is -4.08. The molecule has 10 heteroatoms. The maximum Gasteiger partial charge on any atom is 0.338 e. The third-order valence-corrected chi connectivity index (χ3v) is 7.37. The average Bonchev–Trinajstić information content (AvgIpc) is 2.90. The first-order valence-corrected chi connectivity index (χ1v) is 15.5. The average molecular weight is 641 g/mol. The van der Waals surface area contributed by atoms with Crippen LogP contribution in [-0.2, 0) is 40.7 Å². The molecule has 0 heterocycles. The molecule has 254 valence electrons. The number of amides is 2. The van der Waals surface area contributed by atoms with E-state index >= 15 is 0 Å². The van der Waals surface area contributed by atoms with E-state index in [0.29, 0.717) is 22.3 Å². The molecular formula is C36H52N2O8. The van der Waals surface area contributed by atoms with Gasteiger partial charge in [0, 0.05) is 22.3 Å². The number of hydrogen-bond acceptors (Lipinski definition) is 8. The topological polar surface area (TPSA) is 151 Å². The molecule has 4 N–H and O–H groups in total. The van der Waals surface area contributed by atoms with E-state index in [2.05, 4.69) is 10.6 Å². The SMILES string of the molecule is CC(C)(C)c1cc(C(=O)OCCNC(=O)C(=O)NCCOC(=O)c2cc(C(C)(C)C)c(O)c(C(C)(C)C)c2)cc(C(C)(C)C)c1O. The minimum absolute atomic E-state index is 0.101. The zero-order valence-corrected chi connectivity index (χ0v) is 29.5. The maximum atomic E-state index is 12.8. The second kappa shape index (κ2) is 14.1. The molecule has 0 fully saturated rings. The van der Waals surface area contributed by atoms with Crippen LogP contribution in [0.15, 0.2) is 24.3 Å². The normalized spacial score (nSPS) is 12.3. The van der Waals surface area contributed by atoms with Gasteiger partial charge in [0.2, 0.25) is 0 Å². The molecule has 0 aliphatic heterocycles. The molecule has 0 radical (unpaired) electrons. The molecule has 46 heavy (non-hydrogen) atoms. The van der Waals surface area contributed by atoms with E-state index in [1.807, 2.05) is 83.1 Å². The minimum Gasteiger partial charge on any atom is -0.507 e. The summed E-state index contributed by atoms with van der Waals surface area (Å²) in [4.78, 5) is 50.1. The van der Waals surface area contributed by atoms with E-state index in [-0.39, 0.29) is 48.9 Å². The van der Waals surface area contributed by atoms with Crippen LogP contribution in [-0.4, -0.2) is 60.3 Å². The summed E-state index contributed by atoms with van der Waals surface area (Å²) in [6, 6.07) is 6.45. The number of ether oxygens (including phenoxy) is 2. The van der Waals surface area contributed by atoms with Gasteiger partial charge in [-0.25, -0.2) is 9.59 Å². The molecule has 0 saturated heterocycles. The molecule has 0 unspecified atom stereocenters. The molecule has 2 aromatic rings. The second-order valence-electron chi connectivity index (χ2n) is 15.6. The number of phenols is 2. The fourth-order valence-corrected chi connectivity index (χ4v) is 4.74. The van der Waals surface area contributed by atoms with E-state index in [1.54, 1.807) is 24.3 Å². The number of rotatable bonds is 8. The van der Waals surface area contributed by atoms with Crippen LogP contribution in [0.25, 0.3) is 0 Å². The van der Waals surface area contributed by atoms with Gasteiger partial charge in [0.05, 0.1) is 24.2 Å². The Balaban J connectivity index is 1.90. The molecule has 0 atom stereocenters. The van der Waals surface area contributed by atoms with Crippen molar-refractivity contribution >= 4 is 23.8 Å². The fourth-order valence-electron chi connectivity index (χ4n) is 4.74. The lowest BCUT2D eigenvalue weighted by atomic mass is 9.78. The van der Waals surface area contributed by atoms with Gasteiger partial charge < -0.3 is 30.3 Å². The van der Waals surface area contributed by atoms with Crippen molar-refractivity contribution in [3.8, 4) is 11.5 Å². The number of hydrogen-bond donors (Lipinski definition) is 4. The highest BCUT2D eigenvalue weighted by atomic mass is 16.5. The van der Waals surface area contributed by atoms with E-state index in [1.165, 1.54) is 0 Å². The summed E-state index contributed by atoms with van der Waals surface area (Å²) in [5, 5.41) is 26.5. The predicted octanol–water partition coefficient (Wildman–Crippen LogP) is 5.53. The quantitative estimate of drug-likeness (QED) is 0.167. The summed E-state index contributed by atoms with van der Waals surface area (Å²) in [5.74, 6) is -2.80. The van der Waals surface area contributed by atoms with E-state index in [4.69, 9.17) is 9.47 Å². The van der Waals surface area contributed by atoms with E-state index in [9.17, 15) is 29.4 Å². The molecular weight excluding hydrogens is 588 g/mol. The Kier molecular flexibility index (Phi) is 11.7. The van der Waals surface area contributed by atoms with Crippen LogP contribution in [0.5, 0.6) is 11.5 Å². The highest BCUT2D eigenvalue weighted by molar-refractivity contribution is 6.35. The molecule has 0 aliphatic rings. The summed E-state index contributed by atoms with van der Waals surface area (Å²) in [5.41, 5.74) is 1.36. The molecule has 0 aliphatic carbocycles. The Morgan fingerprint density at radius 3 is 0.978 bits per heavy atom. The van der Waals surface area contributed by atoms with Gasteiger partial charge in [0.25, 0.3) is 0 Å². The van der Waals surface area contributed by atoms with Crippen LogP contribution in [0.4, 0.5) is 0 Å². The molecule has 2 rings (SSSR count). The fraction of sp³-hybridized carbons (Fsp3) is 0.556. The number of carbonyl (C=O) groups is 4. The Labute approximate surface area is 273 Å². The van der Waals surface area contributed by atoms with Gasteiger partial charge in [-0.3, -0.25) is 9.59 Å². The van der Waals surface area contributed by atoms with Crippen molar-refractivity contribution in [2.45, 2.75) is 105 Å². The van der Waals surface area contributed by atoms with Crippen molar-refractivity contribution in [1.82, 2.24) is 10.6 Å². The molecule has 2 amide bonds. The summed E-state index contributed by atoms with van der Waals surface area (Å²) in [6.45, 7) is 22.7. The number of nitrogens with one attached hydrogen (secondary N) is 2. The highest BCUT2D eigenvalue weighted by Gasteiger charge is 2.29. The van der Waals surface area contributed by atoms with Crippen molar-refractivity contribution in [2.24, 2.45) is 0 Å². The lowest BCUT2D eigenvalue weighted by Gasteiger charge is -2.28. The predicted molar refractivity (Wildman–Crippen MR) is 178 cm³/mol. The zero-order chi connectivity index (χ0) is 35.4. The summed E-state index contributed by atoms with van der Waals surface area (Å²) in [7, 11) is 0. The van der Waals surface area contributed by atoms with Crippen LogP contribution in [0, 0.1) is 0 Å². The highest BCUT2D eigenvalue weighted by Crippen LogP contribution is 2.41. The Morgan fingerprint density at radius 1 is 0.522 bits per heavy atom. The third kappa shape index (κ3) is 9.96. The largest absolute Gasteiger partial charge is 0.507 e. The van der Waals surface area contributed by atoms with E-state index in [0.717, 1.165) is 0 Å². The van der Waals surface area contributed by atoms with Gasteiger partial charge in [-0.2, -0.15) is 0 Å². The first-order valence-electron chi connectivity index (χ1n) is 15.5. The third-order valence-electron chi connectivity index (χ3n) is 7.37. The lowest BCUT2D eigenvalue weighted by molar-refractivity contribution is -0.139. The molecule has 0 aromatic heterocycles. The number of benzene rings is 2. The lowest BCUT2D eigenvalue weighted by Crippen LogP contribution is -2.42. The van der Waals surface area contributed by atoms with Crippen LogP contribution >= 0.6 is 0 Å². The smallest absolute Gasteiger partial charge is 0.338 e. The minimum atomic E-state index is -0.930. The van der Waals surface area contributed by atoms with Crippen molar-refractivity contribution < 1.29 is 38.9 Å². The van der Waals surface area contributed by atoms with Crippen molar-refractivity contribution in [1.29, 1.82) is 0 Å². The zero-order valence-electron chi connectivity index (χ0n) is 29.5. The first kappa shape index (κ1) is 38.1. The number of aromatic hydroxyl groups is 2. The molecule has 0 spiro atoms. The first-order chi connectivity index (χ1) is 20.9. The van der Waals surface area contributed by atoms with E-state index < -0.39 is 45.4 Å². The van der Waals surface area contributed by atoms with Gasteiger partial charge in [-0.1, -0.05) is 83.1 Å². The molecule has 2 aromatic carbocycles. The van der Waals surface area contributed by atoms with Crippen LogP contribution in [0.1, 0.15) is 126 Å². The molecule has 0 bridgehead atoms. The Morgan fingerprint density at radius 2 is 0.761 bits per heavy atom. The van der Waals surface area contributed by atoms with Gasteiger partial charge >= 0.3 is 23.8 Å². The van der Waals surface area contributed by atoms with Crippen LogP contribution in [0.3, 0.4) is 0 Å². The number of esters is 2. The second-order valence-corrected chi connectivity index (χ2v) is 15.6. The van der Waals surface area contributed by atoms with Crippen LogP contribution in [0.2, 0.25) is 0 Å². The molecule has 0 saturated carbocycles. The van der Waals surface area contributed by atoms with Crippen molar-refractivity contribution in [3.63, 3.8) is 0 Å². The van der Waals surface area contributed by atoms with Crippen molar-refractivity contribution in [2.75, 3.05) is 26.3 Å². The number of phenolic OH excluding ortho intramolecular Hbond substituents is 2. The van der Waals surface area contributed by atoms with Crippen LogP contribution < -0.4 is 10.6 Å². The molecule has 10 nitrogen and oxygen atoms in total. The van der Waals surface area contributed by atoms with Gasteiger partial charge in [-0.05, 0) is 45.9 Å². The van der Waals surface area contributed by atoms with Crippen molar-refractivity contribution in [3.05, 3.63) is 57.6 Å². The van der Waals surface area contributed by atoms with Gasteiger partial charge in [-0.15, -0.1) is 0 Å². The van der Waals surface area contributed by atoms with Gasteiger partial charge in [0.1, 0.15) is 24.7 Å².